The molecule has 0 aliphatic carbocycles. The van der Waals surface area contributed by atoms with Crippen molar-refractivity contribution in [2.75, 3.05) is 19.5 Å². The predicted octanol–water partition coefficient (Wildman–Crippen LogP) is 4.21. The molecule has 0 saturated heterocycles. The van der Waals surface area contributed by atoms with Crippen LogP contribution in [0, 0.1) is 0 Å². The number of nitrogens with zero attached hydrogens (tertiary/aromatic N) is 3. The Morgan fingerprint density at radius 1 is 1.03 bits per heavy atom. The third-order valence-corrected chi connectivity index (χ3v) is 5.06. The zero-order valence-electron chi connectivity index (χ0n) is 17.2. The van der Waals surface area contributed by atoms with Crippen molar-refractivity contribution in [1.29, 1.82) is 0 Å². The summed E-state index contributed by atoms with van der Waals surface area (Å²) in [6.45, 7) is 2.03. The highest BCUT2D eigenvalue weighted by Gasteiger charge is 2.14. The molecule has 0 spiro atoms. The van der Waals surface area contributed by atoms with Crippen molar-refractivity contribution in [3.05, 3.63) is 66.0 Å². The van der Waals surface area contributed by atoms with Crippen LogP contribution in [0.2, 0.25) is 0 Å². The van der Waals surface area contributed by atoms with Gasteiger partial charge in [-0.05, 0) is 35.2 Å². The summed E-state index contributed by atoms with van der Waals surface area (Å²) in [5.74, 6) is 2.09. The second-order valence-electron chi connectivity index (χ2n) is 6.80. The molecule has 0 atom stereocenters. The summed E-state index contributed by atoms with van der Waals surface area (Å²) in [6, 6.07) is 13.5. The van der Waals surface area contributed by atoms with Gasteiger partial charge < -0.3 is 19.9 Å². The van der Waals surface area contributed by atoms with E-state index in [1.807, 2.05) is 48.7 Å². The average Bonchev–Trinajstić information content (AvgIpc) is 3.21. The molecule has 7 heteroatoms. The van der Waals surface area contributed by atoms with E-state index in [4.69, 9.17) is 14.5 Å². The summed E-state index contributed by atoms with van der Waals surface area (Å²) in [6.07, 6.45) is 4.44. The molecule has 0 radical (unpaired) electrons. The van der Waals surface area contributed by atoms with Crippen molar-refractivity contribution >= 4 is 17.2 Å². The number of aliphatic hydroxyl groups excluding tert-OH is 1. The standard InChI is InChI=1S/C23H24N4O3/c1-4-15-11-17(12-20(29-2)22(15)30-3)25-21-9-10-27-23(26-21)19(13-24-27)18-8-6-5-7-16(18)14-28/h5-13,28H,4,14H2,1-3H3,(H,25,26). The van der Waals surface area contributed by atoms with Gasteiger partial charge in [-0.2, -0.15) is 5.10 Å². The van der Waals surface area contributed by atoms with Crippen molar-refractivity contribution in [2.24, 2.45) is 0 Å². The summed E-state index contributed by atoms with van der Waals surface area (Å²) < 4.78 is 12.7. The Kier molecular flexibility index (Phi) is 5.54. The zero-order chi connectivity index (χ0) is 21.1. The largest absolute Gasteiger partial charge is 0.493 e. The lowest BCUT2D eigenvalue weighted by Crippen LogP contribution is -2.01. The molecule has 0 aliphatic heterocycles. The van der Waals surface area contributed by atoms with Crippen molar-refractivity contribution in [2.45, 2.75) is 20.0 Å². The quantitative estimate of drug-likeness (QED) is 0.480. The molecule has 2 heterocycles. The predicted molar refractivity (Wildman–Crippen MR) is 117 cm³/mol. The molecule has 2 N–H and O–H groups in total. The highest BCUT2D eigenvalue weighted by molar-refractivity contribution is 5.80. The number of aromatic nitrogens is 3. The van der Waals surface area contributed by atoms with Crippen molar-refractivity contribution in [3.63, 3.8) is 0 Å². The number of aliphatic hydroxyl groups is 1. The normalized spacial score (nSPS) is 10.9. The van der Waals surface area contributed by atoms with Crippen LogP contribution in [0.4, 0.5) is 11.5 Å². The van der Waals surface area contributed by atoms with Gasteiger partial charge in [0.2, 0.25) is 0 Å². The third-order valence-electron chi connectivity index (χ3n) is 5.06. The number of methoxy groups -OCH3 is 2. The van der Waals surface area contributed by atoms with Gasteiger partial charge in [-0.15, -0.1) is 0 Å². The van der Waals surface area contributed by atoms with E-state index in [-0.39, 0.29) is 6.61 Å². The maximum atomic E-state index is 9.70. The monoisotopic (exact) mass is 404 g/mol. The minimum Gasteiger partial charge on any atom is -0.493 e. The zero-order valence-corrected chi connectivity index (χ0v) is 17.2. The first-order valence-corrected chi connectivity index (χ1v) is 9.74. The van der Waals surface area contributed by atoms with Crippen LogP contribution in [0.5, 0.6) is 11.5 Å². The Balaban J connectivity index is 1.75. The number of nitrogens with one attached hydrogen (secondary N) is 1. The van der Waals surface area contributed by atoms with Gasteiger partial charge in [0.25, 0.3) is 0 Å². The minimum atomic E-state index is -0.0448. The second-order valence-corrected chi connectivity index (χ2v) is 6.80. The molecule has 4 aromatic rings. The van der Waals surface area contributed by atoms with Gasteiger partial charge in [-0.1, -0.05) is 31.2 Å². The lowest BCUT2D eigenvalue weighted by atomic mass is 10.0. The Hall–Kier alpha value is -3.58. The van der Waals surface area contributed by atoms with E-state index >= 15 is 0 Å². The maximum absolute atomic E-state index is 9.70. The SMILES string of the molecule is CCc1cc(Nc2ccn3ncc(-c4ccccc4CO)c3n2)cc(OC)c1OC. The molecular formula is C23H24N4O3. The van der Waals surface area contributed by atoms with Crippen LogP contribution in [0.3, 0.4) is 0 Å². The summed E-state index contributed by atoms with van der Waals surface area (Å²) in [5, 5.41) is 17.5. The van der Waals surface area contributed by atoms with Gasteiger partial charge in [0.1, 0.15) is 5.82 Å². The summed E-state index contributed by atoms with van der Waals surface area (Å²) in [4.78, 5) is 4.77. The lowest BCUT2D eigenvalue weighted by molar-refractivity contribution is 0.282. The van der Waals surface area contributed by atoms with Crippen molar-refractivity contribution in [1.82, 2.24) is 14.6 Å². The van der Waals surface area contributed by atoms with Crippen LogP contribution in [0.25, 0.3) is 16.8 Å². The van der Waals surface area contributed by atoms with Gasteiger partial charge in [-0.25, -0.2) is 9.50 Å². The van der Waals surface area contributed by atoms with Gasteiger partial charge in [0.15, 0.2) is 17.1 Å². The number of anilines is 2. The van der Waals surface area contributed by atoms with E-state index in [1.165, 1.54) is 0 Å². The number of rotatable bonds is 7. The second kappa shape index (κ2) is 8.42. The van der Waals surface area contributed by atoms with Crippen LogP contribution in [0.15, 0.2) is 54.9 Å². The number of benzene rings is 2. The first kappa shape index (κ1) is 19.7. The number of hydrogen-bond acceptors (Lipinski definition) is 6. The molecule has 0 saturated carbocycles. The highest BCUT2D eigenvalue weighted by Crippen LogP contribution is 2.36. The maximum Gasteiger partial charge on any atom is 0.165 e. The summed E-state index contributed by atoms with van der Waals surface area (Å²) in [7, 11) is 3.27. The minimum absolute atomic E-state index is 0.0448. The molecule has 7 nitrogen and oxygen atoms in total. The Morgan fingerprint density at radius 2 is 1.87 bits per heavy atom. The van der Waals surface area contributed by atoms with Gasteiger partial charge >= 0.3 is 0 Å². The molecule has 0 amide bonds. The Labute approximate surface area is 174 Å². The fourth-order valence-corrected chi connectivity index (χ4v) is 3.58. The molecule has 2 aromatic heterocycles. The molecule has 0 bridgehead atoms. The average molecular weight is 404 g/mol. The van der Waals surface area contributed by atoms with E-state index in [1.54, 1.807) is 24.9 Å². The summed E-state index contributed by atoms with van der Waals surface area (Å²) in [5.41, 5.74) is 5.22. The lowest BCUT2D eigenvalue weighted by Gasteiger charge is -2.15. The van der Waals surface area contributed by atoms with Crippen molar-refractivity contribution in [3.8, 4) is 22.6 Å². The van der Waals surface area contributed by atoms with E-state index in [0.29, 0.717) is 17.2 Å². The highest BCUT2D eigenvalue weighted by atomic mass is 16.5. The number of hydrogen-bond donors (Lipinski definition) is 2. The third kappa shape index (κ3) is 3.55. The van der Waals surface area contributed by atoms with Gasteiger partial charge in [-0.3, -0.25) is 0 Å². The molecule has 0 fully saturated rings. The smallest absolute Gasteiger partial charge is 0.165 e. The van der Waals surface area contributed by atoms with E-state index in [9.17, 15) is 5.11 Å². The van der Waals surface area contributed by atoms with Crippen LogP contribution in [0.1, 0.15) is 18.1 Å². The Bertz CT molecular complexity index is 1160. The number of ether oxygens (including phenoxy) is 2. The fourth-order valence-electron chi connectivity index (χ4n) is 3.58. The van der Waals surface area contributed by atoms with Gasteiger partial charge in [0, 0.05) is 23.5 Å². The number of fused-ring (bicyclic) bond motifs is 1. The molecule has 0 aliphatic rings. The van der Waals surface area contributed by atoms with Crippen LogP contribution in [-0.4, -0.2) is 33.9 Å². The molecule has 2 aromatic carbocycles. The van der Waals surface area contributed by atoms with E-state index < -0.39 is 0 Å². The first-order valence-electron chi connectivity index (χ1n) is 9.74. The van der Waals surface area contributed by atoms with E-state index in [0.717, 1.165) is 40.1 Å². The van der Waals surface area contributed by atoms with Crippen LogP contribution < -0.4 is 14.8 Å². The Morgan fingerprint density at radius 3 is 2.60 bits per heavy atom. The van der Waals surface area contributed by atoms with Crippen LogP contribution in [-0.2, 0) is 13.0 Å². The first-order chi connectivity index (χ1) is 14.7. The van der Waals surface area contributed by atoms with E-state index in [2.05, 4.69) is 17.3 Å². The fraction of sp³-hybridized carbons (Fsp3) is 0.217. The molecule has 4 rings (SSSR count). The molecule has 154 valence electrons. The van der Waals surface area contributed by atoms with Crippen LogP contribution >= 0.6 is 0 Å². The molecule has 30 heavy (non-hydrogen) atoms. The summed E-state index contributed by atoms with van der Waals surface area (Å²) >= 11 is 0. The molecule has 0 unspecified atom stereocenters. The molecular weight excluding hydrogens is 380 g/mol. The topological polar surface area (TPSA) is 80.9 Å². The van der Waals surface area contributed by atoms with Gasteiger partial charge in [0.05, 0.1) is 27.0 Å². The van der Waals surface area contributed by atoms with Crippen molar-refractivity contribution < 1.29 is 14.6 Å². The number of aryl methyl sites for hydroxylation is 1.